The number of hydrogen-bond donors (Lipinski definition) is 0. The van der Waals surface area contributed by atoms with Crippen LogP contribution in [0, 0.1) is 0 Å². The van der Waals surface area contributed by atoms with E-state index in [4.69, 9.17) is 9.47 Å². The predicted octanol–water partition coefficient (Wildman–Crippen LogP) is 2.13. The van der Waals surface area contributed by atoms with Crippen LogP contribution in [0.25, 0.3) is 0 Å². The fourth-order valence-corrected chi connectivity index (χ4v) is 2.18. The first-order valence-corrected chi connectivity index (χ1v) is 6.79. The third-order valence-corrected chi connectivity index (χ3v) is 3.36. The van der Waals surface area contributed by atoms with E-state index < -0.39 is 0 Å². The molecule has 0 N–H and O–H groups in total. The minimum atomic E-state index is 0.394. The second-order valence-corrected chi connectivity index (χ2v) is 4.76. The van der Waals surface area contributed by atoms with Crippen LogP contribution in [0.15, 0.2) is 24.3 Å². The van der Waals surface area contributed by atoms with Crippen molar-refractivity contribution in [2.75, 3.05) is 33.4 Å². The van der Waals surface area contributed by atoms with Crippen molar-refractivity contribution in [1.82, 2.24) is 4.90 Å². The van der Waals surface area contributed by atoms with Crippen LogP contribution in [0.1, 0.15) is 19.3 Å². The fourth-order valence-electron chi connectivity index (χ4n) is 2.18. The van der Waals surface area contributed by atoms with Crippen LogP contribution in [-0.4, -0.2) is 44.0 Å². The first-order valence-electron chi connectivity index (χ1n) is 6.79. The van der Waals surface area contributed by atoms with Gasteiger partial charge in [0.1, 0.15) is 17.3 Å². The molecule has 2 rings (SSSR count). The topological polar surface area (TPSA) is 38.8 Å². The molecule has 4 nitrogen and oxygen atoms in total. The number of hydrogen-bond acceptors (Lipinski definition) is 4. The van der Waals surface area contributed by atoms with E-state index in [1.807, 2.05) is 24.3 Å². The number of nitrogens with zero attached hydrogens (tertiary/aromatic N) is 1. The van der Waals surface area contributed by atoms with E-state index >= 15 is 0 Å². The van der Waals surface area contributed by atoms with Crippen molar-refractivity contribution in [2.24, 2.45) is 0 Å². The molecule has 0 amide bonds. The van der Waals surface area contributed by atoms with Gasteiger partial charge in [-0.3, -0.25) is 4.79 Å². The fraction of sp³-hybridized carbons (Fsp3) is 0.533. The van der Waals surface area contributed by atoms with E-state index in [1.54, 1.807) is 7.11 Å². The molecule has 1 aliphatic rings. The van der Waals surface area contributed by atoms with Crippen LogP contribution in [0.5, 0.6) is 11.5 Å². The zero-order valence-corrected chi connectivity index (χ0v) is 11.4. The van der Waals surface area contributed by atoms with E-state index in [9.17, 15) is 4.79 Å². The molecule has 1 aromatic rings. The van der Waals surface area contributed by atoms with Gasteiger partial charge < -0.3 is 14.4 Å². The van der Waals surface area contributed by atoms with Gasteiger partial charge in [0.25, 0.3) is 0 Å². The maximum atomic E-state index is 11.1. The summed E-state index contributed by atoms with van der Waals surface area (Å²) in [7, 11) is 1.65. The molecule has 0 aromatic heterocycles. The van der Waals surface area contributed by atoms with Crippen molar-refractivity contribution in [2.45, 2.75) is 19.3 Å². The van der Waals surface area contributed by atoms with Gasteiger partial charge in [-0.05, 0) is 30.7 Å². The molecule has 0 saturated carbocycles. The summed E-state index contributed by atoms with van der Waals surface area (Å²) in [6.45, 7) is 3.52. The minimum absolute atomic E-state index is 0.394. The van der Waals surface area contributed by atoms with Gasteiger partial charge in [-0.15, -0.1) is 0 Å². The second-order valence-electron chi connectivity index (χ2n) is 4.76. The molecule has 4 heteroatoms. The maximum Gasteiger partial charge on any atom is 0.135 e. The van der Waals surface area contributed by atoms with Gasteiger partial charge in [0.15, 0.2) is 0 Å². The van der Waals surface area contributed by atoms with Crippen LogP contribution < -0.4 is 9.47 Å². The lowest BCUT2D eigenvalue weighted by Gasteiger charge is -2.25. The highest BCUT2D eigenvalue weighted by Crippen LogP contribution is 2.17. The summed E-state index contributed by atoms with van der Waals surface area (Å²) in [6, 6.07) is 7.62. The number of Topliss-reactive ketones (excluding diaryl/α,β-unsaturated/α-hetero) is 1. The molecule has 1 heterocycles. The molecule has 1 fully saturated rings. The molecule has 0 unspecified atom stereocenters. The Morgan fingerprint density at radius 3 is 2.37 bits per heavy atom. The molecular weight excluding hydrogens is 242 g/mol. The molecule has 1 saturated heterocycles. The number of piperidine rings is 1. The van der Waals surface area contributed by atoms with Crippen LogP contribution >= 0.6 is 0 Å². The highest BCUT2D eigenvalue weighted by molar-refractivity contribution is 5.79. The summed E-state index contributed by atoms with van der Waals surface area (Å²) in [5, 5.41) is 0. The molecule has 1 aliphatic heterocycles. The molecule has 1 aromatic carbocycles. The second kappa shape index (κ2) is 7.14. The zero-order valence-electron chi connectivity index (χ0n) is 11.4. The first-order chi connectivity index (χ1) is 9.28. The van der Waals surface area contributed by atoms with Gasteiger partial charge in [-0.2, -0.15) is 0 Å². The Morgan fingerprint density at radius 1 is 1.11 bits per heavy atom. The molecule has 0 radical (unpaired) electrons. The minimum Gasteiger partial charge on any atom is -0.497 e. The Kier molecular flexibility index (Phi) is 5.21. The monoisotopic (exact) mass is 263 g/mol. The summed E-state index contributed by atoms with van der Waals surface area (Å²) in [5.74, 6) is 2.10. The lowest BCUT2D eigenvalue weighted by molar-refractivity contribution is -0.121. The molecule has 0 spiro atoms. The van der Waals surface area contributed by atoms with Gasteiger partial charge in [0.05, 0.1) is 13.7 Å². The van der Waals surface area contributed by atoms with Crippen molar-refractivity contribution in [3.63, 3.8) is 0 Å². The Labute approximate surface area is 114 Å². The van der Waals surface area contributed by atoms with Gasteiger partial charge in [-0.1, -0.05) is 0 Å². The highest BCUT2D eigenvalue weighted by Gasteiger charge is 2.15. The van der Waals surface area contributed by atoms with Crippen LogP contribution in [0.2, 0.25) is 0 Å². The summed E-state index contributed by atoms with van der Waals surface area (Å²) < 4.78 is 10.8. The van der Waals surface area contributed by atoms with Gasteiger partial charge in [0.2, 0.25) is 0 Å². The quantitative estimate of drug-likeness (QED) is 0.737. The summed E-state index contributed by atoms with van der Waals surface area (Å²) in [5.41, 5.74) is 0. The van der Waals surface area contributed by atoms with E-state index in [0.717, 1.165) is 37.6 Å². The summed E-state index contributed by atoms with van der Waals surface area (Å²) in [4.78, 5) is 13.4. The molecule has 104 valence electrons. The van der Waals surface area contributed by atoms with E-state index in [-0.39, 0.29) is 0 Å². The maximum absolute atomic E-state index is 11.1. The van der Waals surface area contributed by atoms with Crippen molar-refractivity contribution in [3.8, 4) is 11.5 Å². The van der Waals surface area contributed by atoms with Crippen LogP contribution in [-0.2, 0) is 4.79 Å². The molecular formula is C15H21NO3. The Hall–Kier alpha value is -1.55. The van der Waals surface area contributed by atoms with Gasteiger partial charge in [0, 0.05) is 32.5 Å². The normalized spacial score (nSPS) is 16.4. The number of ketones is 1. The summed E-state index contributed by atoms with van der Waals surface area (Å²) in [6.07, 6.45) is 2.40. The third kappa shape index (κ3) is 4.56. The summed E-state index contributed by atoms with van der Waals surface area (Å²) >= 11 is 0. The average Bonchev–Trinajstić information content (AvgIpc) is 2.46. The van der Waals surface area contributed by atoms with Crippen molar-refractivity contribution in [3.05, 3.63) is 24.3 Å². The zero-order chi connectivity index (χ0) is 13.5. The van der Waals surface area contributed by atoms with Gasteiger partial charge >= 0.3 is 0 Å². The molecule has 0 bridgehead atoms. The number of carbonyl (C=O) groups excluding carboxylic acids is 1. The molecule has 0 atom stereocenters. The van der Waals surface area contributed by atoms with Crippen LogP contribution in [0.4, 0.5) is 0 Å². The number of ether oxygens (including phenoxy) is 2. The highest BCUT2D eigenvalue weighted by atomic mass is 16.5. The number of benzene rings is 1. The molecule has 19 heavy (non-hydrogen) atoms. The van der Waals surface area contributed by atoms with E-state index in [0.29, 0.717) is 25.2 Å². The smallest absolute Gasteiger partial charge is 0.135 e. The standard InChI is InChI=1S/C15H21NO3/c1-18-14-3-5-15(6-4-14)19-12-2-9-16-10-7-13(17)8-11-16/h3-6H,2,7-12H2,1H3. The SMILES string of the molecule is COc1ccc(OCCCN2CCC(=O)CC2)cc1. The Morgan fingerprint density at radius 2 is 1.74 bits per heavy atom. The Balaban J connectivity index is 1.62. The van der Waals surface area contributed by atoms with E-state index in [1.165, 1.54) is 0 Å². The number of carbonyl (C=O) groups is 1. The van der Waals surface area contributed by atoms with Gasteiger partial charge in [-0.25, -0.2) is 0 Å². The lowest BCUT2D eigenvalue weighted by Crippen LogP contribution is -2.34. The third-order valence-electron chi connectivity index (χ3n) is 3.36. The van der Waals surface area contributed by atoms with Crippen molar-refractivity contribution >= 4 is 5.78 Å². The van der Waals surface area contributed by atoms with Crippen molar-refractivity contribution < 1.29 is 14.3 Å². The Bertz CT molecular complexity index is 392. The number of likely N-dealkylation sites (tertiary alicyclic amines) is 1. The number of rotatable bonds is 6. The largest absolute Gasteiger partial charge is 0.497 e. The van der Waals surface area contributed by atoms with Crippen molar-refractivity contribution in [1.29, 1.82) is 0 Å². The number of methoxy groups -OCH3 is 1. The molecule has 0 aliphatic carbocycles. The first kappa shape index (κ1) is 13.9. The lowest BCUT2D eigenvalue weighted by atomic mass is 10.1. The average molecular weight is 263 g/mol. The van der Waals surface area contributed by atoms with E-state index in [2.05, 4.69) is 4.90 Å². The van der Waals surface area contributed by atoms with Crippen LogP contribution in [0.3, 0.4) is 0 Å². The predicted molar refractivity (Wildman–Crippen MR) is 73.8 cm³/mol.